The summed E-state index contributed by atoms with van der Waals surface area (Å²) in [5.74, 6) is -9.18. The van der Waals surface area contributed by atoms with Gasteiger partial charge in [-0.25, -0.2) is 9.59 Å². The van der Waals surface area contributed by atoms with E-state index >= 15 is 0 Å². The monoisotopic (exact) mass is 470 g/mol. The van der Waals surface area contributed by atoms with Crippen LogP contribution in [0.1, 0.15) is 39.5 Å². The standard InChI is InChI=1S/C5H9NO4.C5H6O5.C3H7NO2.C3H4O3/c2*6-3(5(9)10)1-2-4(7)8;2*1-2(4)3(5)6/h3H,1-2,6H2,(H,7,8)(H,9,10);1-2H2,(H,7,8)(H,9,10);2H,4H2,1H3,(H,5,6);1H3,(H,5,6)/t3-;;;/m1.../s1. The zero-order valence-corrected chi connectivity index (χ0v) is 17.1. The van der Waals surface area contributed by atoms with E-state index in [0.717, 1.165) is 6.92 Å². The molecule has 184 valence electrons. The van der Waals surface area contributed by atoms with Crippen molar-refractivity contribution < 1.29 is 69.0 Å². The Hall–Kier alpha value is -3.92. The van der Waals surface area contributed by atoms with Gasteiger partial charge in [-0.3, -0.25) is 28.8 Å². The second-order valence-electron chi connectivity index (χ2n) is 5.49. The van der Waals surface area contributed by atoms with Gasteiger partial charge in [-0.1, -0.05) is 0 Å². The SMILES string of the molecule is CC(=O)C(=O)O.CC(N)C(=O)O.N[C@H](CCC(=O)O)C(=O)O.O=C(O)CCC(=O)C(=O)O. The number of carbonyl (C=O) groups is 8. The highest BCUT2D eigenvalue weighted by Crippen LogP contribution is 1.93. The molecule has 0 amide bonds. The van der Waals surface area contributed by atoms with Crippen molar-refractivity contribution in [2.24, 2.45) is 11.5 Å². The molecule has 10 N–H and O–H groups in total. The quantitative estimate of drug-likeness (QED) is 0.158. The van der Waals surface area contributed by atoms with Crippen molar-refractivity contribution >= 4 is 47.4 Å². The van der Waals surface area contributed by atoms with Crippen LogP contribution in [0.4, 0.5) is 0 Å². The summed E-state index contributed by atoms with van der Waals surface area (Å²) in [5, 5.41) is 47.7. The van der Waals surface area contributed by atoms with Gasteiger partial charge >= 0.3 is 35.8 Å². The number of rotatable bonds is 10. The van der Waals surface area contributed by atoms with Crippen LogP contribution in [0.25, 0.3) is 0 Å². The van der Waals surface area contributed by atoms with E-state index in [1.54, 1.807) is 0 Å². The van der Waals surface area contributed by atoms with Gasteiger partial charge < -0.3 is 42.1 Å². The zero-order chi connectivity index (χ0) is 26.6. The van der Waals surface area contributed by atoms with E-state index in [0.29, 0.717) is 0 Å². The molecule has 0 saturated heterocycles. The summed E-state index contributed by atoms with van der Waals surface area (Å²) in [4.78, 5) is 78.1. The lowest BCUT2D eigenvalue weighted by Gasteiger charge is -2.01. The summed E-state index contributed by atoms with van der Waals surface area (Å²) in [6.07, 6.45) is -1.09. The number of ketones is 2. The van der Waals surface area contributed by atoms with Crippen molar-refractivity contribution in [2.45, 2.75) is 51.6 Å². The zero-order valence-electron chi connectivity index (χ0n) is 17.1. The molecule has 1 unspecified atom stereocenters. The van der Waals surface area contributed by atoms with Gasteiger partial charge in [0.2, 0.25) is 11.6 Å². The molecule has 0 spiro atoms. The first kappa shape index (κ1) is 35.5. The molecule has 16 heteroatoms. The highest BCUT2D eigenvalue weighted by Gasteiger charge is 2.12. The number of carbonyl (C=O) groups excluding carboxylic acids is 2. The van der Waals surface area contributed by atoms with Crippen LogP contribution in [-0.2, 0) is 38.4 Å². The molecule has 0 aliphatic heterocycles. The Labute approximate surface area is 180 Å². The summed E-state index contributed by atoms with van der Waals surface area (Å²) in [7, 11) is 0. The summed E-state index contributed by atoms with van der Waals surface area (Å²) >= 11 is 0. The van der Waals surface area contributed by atoms with Crippen LogP contribution in [0.15, 0.2) is 0 Å². The fourth-order valence-corrected chi connectivity index (χ4v) is 0.730. The van der Waals surface area contributed by atoms with Crippen LogP contribution in [-0.4, -0.2) is 90.1 Å². The topological polar surface area (TPSA) is 310 Å². The van der Waals surface area contributed by atoms with Crippen molar-refractivity contribution in [3.63, 3.8) is 0 Å². The Balaban J connectivity index is -0.000000168. The fourth-order valence-electron chi connectivity index (χ4n) is 0.730. The van der Waals surface area contributed by atoms with Gasteiger partial charge in [0, 0.05) is 19.8 Å². The Morgan fingerprint density at radius 2 is 1.00 bits per heavy atom. The van der Waals surface area contributed by atoms with Gasteiger partial charge in [-0.2, -0.15) is 0 Å². The highest BCUT2D eigenvalue weighted by molar-refractivity contribution is 6.32. The lowest BCUT2D eigenvalue weighted by molar-refractivity contribution is -0.150. The lowest BCUT2D eigenvalue weighted by Crippen LogP contribution is -2.30. The number of hydrogen-bond donors (Lipinski definition) is 8. The van der Waals surface area contributed by atoms with Crippen LogP contribution >= 0.6 is 0 Å². The minimum absolute atomic E-state index is 0.0231. The van der Waals surface area contributed by atoms with Crippen LogP contribution in [0, 0.1) is 0 Å². The molecular weight excluding hydrogens is 444 g/mol. The number of carboxylic acid groups (broad SMARTS) is 6. The Bertz CT molecular complexity index is 674. The molecule has 0 aliphatic rings. The molecule has 0 aromatic rings. The molecule has 16 nitrogen and oxygen atoms in total. The van der Waals surface area contributed by atoms with Gasteiger partial charge in [0.1, 0.15) is 12.1 Å². The van der Waals surface area contributed by atoms with Crippen molar-refractivity contribution in [1.82, 2.24) is 0 Å². The van der Waals surface area contributed by atoms with Crippen LogP contribution in [0.2, 0.25) is 0 Å². The minimum Gasteiger partial charge on any atom is -0.481 e. The lowest BCUT2D eigenvalue weighted by atomic mass is 10.2. The first-order valence-electron chi connectivity index (χ1n) is 8.26. The number of aliphatic carboxylic acids is 6. The van der Waals surface area contributed by atoms with Crippen LogP contribution in [0.5, 0.6) is 0 Å². The second-order valence-corrected chi connectivity index (χ2v) is 5.49. The predicted molar refractivity (Wildman–Crippen MR) is 102 cm³/mol. The van der Waals surface area contributed by atoms with Gasteiger partial charge in [0.15, 0.2) is 0 Å². The average Bonchev–Trinajstić information content (AvgIpc) is 2.64. The third-order valence-corrected chi connectivity index (χ3v) is 2.48. The fraction of sp³-hybridized carbons (Fsp3) is 0.500. The minimum atomic E-state index is -1.58. The molecule has 0 saturated carbocycles. The Kier molecular flexibility index (Phi) is 22.6. The van der Waals surface area contributed by atoms with Crippen molar-refractivity contribution in [3.8, 4) is 0 Å². The van der Waals surface area contributed by atoms with Crippen LogP contribution in [0.3, 0.4) is 0 Å². The van der Waals surface area contributed by atoms with Crippen LogP contribution < -0.4 is 11.5 Å². The molecule has 2 atom stereocenters. The highest BCUT2D eigenvalue weighted by atomic mass is 16.4. The first-order chi connectivity index (χ1) is 14.4. The Morgan fingerprint density at radius 1 is 0.656 bits per heavy atom. The molecule has 0 aliphatic carbocycles. The largest absolute Gasteiger partial charge is 0.481 e. The number of carboxylic acids is 6. The molecule has 0 aromatic carbocycles. The Morgan fingerprint density at radius 3 is 1.19 bits per heavy atom. The van der Waals surface area contributed by atoms with Gasteiger partial charge in [0.05, 0.1) is 6.42 Å². The third-order valence-electron chi connectivity index (χ3n) is 2.48. The summed E-state index contributed by atoms with van der Waals surface area (Å²) < 4.78 is 0. The summed E-state index contributed by atoms with van der Waals surface area (Å²) in [6, 6.07) is -1.79. The maximum absolute atomic E-state index is 10.2. The first-order valence-corrected chi connectivity index (χ1v) is 8.26. The maximum atomic E-state index is 10.2. The van der Waals surface area contributed by atoms with Crippen molar-refractivity contribution in [3.05, 3.63) is 0 Å². The maximum Gasteiger partial charge on any atom is 0.372 e. The van der Waals surface area contributed by atoms with E-state index in [2.05, 4.69) is 0 Å². The normalized spacial score (nSPS) is 10.6. The molecule has 0 rings (SSSR count). The molecule has 0 radical (unpaired) electrons. The molecule has 0 aromatic heterocycles. The van der Waals surface area contributed by atoms with Crippen molar-refractivity contribution in [2.75, 3.05) is 0 Å². The van der Waals surface area contributed by atoms with E-state index in [1.807, 2.05) is 0 Å². The summed E-state index contributed by atoms with van der Waals surface area (Å²) in [6.45, 7) is 2.42. The van der Waals surface area contributed by atoms with Gasteiger partial charge in [-0.05, 0) is 13.3 Å². The van der Waals surface area contributed by atoms with E-state index in [4.69, 9.17) is 42.1 Å². The molecule has 0 bridgehead atoms. The number of nitrogens with two attached hydrogens (primary N) is 2. The third kappa shape index (κ3) is 33.6. The van der Waals surface area contributed by atoms with E-state index < -0.39 is 72.3 Å². The van der Waals surface area contributed by atoms with Gasteiger partial charge in [-0.15, -0.1) is 0 Å². The average molecular weight is 470 g/mol. The smallest absolute Gasteiger partial charge is 0.372 e. The number of Topliss-reactive ketones (excluding diaryl/α,β-unsaturated/α-hetero) is 2. The second kappa shape index (κ2) is 20.4. The van der Waals surface area contributed by atoms with E-state index in [-0.39, 0.29) is 12.8 Å². The van der Waals surface area contributed by atoms with E-state index in [9.17, 15) is 38.4 Å². The van der Waals surface area contributed by atoms with Crippen molar-refractivity contribution in [1.29, 1.82) is 0 Å². The van der Waals surface area contributed by atoms with Gasteiger partial charge in [0.25, 0.3) is 0 Å². The molecule has 0 fully saturated rings. The number of hydrogen-bond acceptors (Lipinski definition) is 10. The molecule has 32 heavy (non-hydrogen) atoms. The molecule has 0 heterocycles. The van der Waals surface area contributed by atoms with E-state index in [1.165, 1.54) is 6.92 Å². The molecular formula is C16H26N2O14. The predicted octanol–water partition coefficient (Wildman–Crippen LogP) is -2.15. The summed E-state index contributed by atoms with van der Waals surface area (Å²) in [5.41, 5.74) is 9.84.